The molecule has 0 aliphatic rings. The van der Waals surface area contributed by atoms with Crippen LogP contribution >= 0.6 is 0 Å². The van der Waals surface area contributed by atoms with E-state index in [9.17, 15) is 9.59 Å². The SMILES string of the molecule is Cc1nc(C(=O)N(C)CCN(C)C)ccc1C(=O)O. The van der Waals surface area contributed by atoms with E-state index in [1.54, 1.807) is 18.9 Å². The molecule has 1 aromatic heterocycles. The number of carbonyl (C=O) groups is 2. The lowest BCUT2D eigenvalue weighted by atomic mass is 10.2. The first-order chi connectivity index (χ1) is 8.82. The standard InChI is InChI=1S/C13H19N3O3/c1-9-10(13(18)19)5-6-11(14-9)12(17)16(4)8-7-15(2)3/h5-6H,7-8H2,1-4H3,(H,18,19). The number of carboxylic acids is 1. The molecule has 0 saturated heterocycles. The average Bonchev–Trinajstić information content (AvgIpc) is 2.34. The van der Waals surface area contributed by atoms with Crippen LogP contribution in [0.3, 0.4) is 0 Å². The van der Waals surface area contributed by atoms with Gasteiger partial charge in [-0.05, 0) is 33.2 Å². The van der Waals surface area contributed by atoms with Crippen molar-refractivity contribution in [3.8, 4) is 0 Å². The van der Waals surface area contributed by atoms with Gasteiger partial charge in [-0.15, -0.1) is 0 Å². The Hall–Kier alpha value is -1.95. The van der Waals surface area contributed by atoms with Gasteiger partial charge in [-0.1, -0.05) is 0 Å². The second-order valence-corrected chi connectivity index (χ2v) is 4.66. The zero-order valence-corrected chi connectivity index (χ0v) is 11.7. The van der Waals surface area contributed by atoms with Gasteiger partial charge in [0.05, 0.1) is 11.3 Å². The van der Waals surface area contributed by atoms with Gasteiger partial charge in [0.1, 0.15) is 5.69 Å². The Morgan fingerprint density at radius 2 is 1.84 bits per heavy atom. The van der Waals surface area contributed by atoms with E-state index >= 15 is 0 Å². The minimum absolute atomic E-state index is 0.118. The number of hydrogen-bond donors (Lipinski definition) is 1. The lowest BCUT2D eigenvalue weighted by Crippen LogP contribution is -2.34. The number of aryl methyl sites for hydroxylation is 1. The molecule has 1 heterocycles. The van der Waals surface area contributed by atoms with E-state index in [2.05, 4.69) is 4.98 Å². The maximum atomic E-state index is 12.1. The number of pyridine rings is 1. The van der Waals surface area contributed by atoms with Gasteiger partial charge >= 0.3 is 5.97 Å². The Balaban J connectivity index is 2.83. The first kappa shape index (κ1) is 15.1. The summed E-state index contributed by atoms with van der Waals surface area (Å²) in [7, 11) is 5.57. The molecule has 0 fully saturated rings. The molecule has 0 spiro atoms. The van der Waals surface area contributed by atoms with Crippen molar-refractivity contribution in [2.45, 2.75) is 6.92 Å². The van der Waals surface area contributed by atoms with Crippen LogP contribution in [0.4, 0.5) is 0 Å². The summed E-state index contributed by atoms with van der Waals surface area (Å²) in [4.78, 5) is 30.6. The number of aromatic carboxylic acids is 1. The molecule has 104 valence electrons. The molecule has 1 N–H and O–H groups in total. The Kier molecular flexibility index (Phi) is 5.00. The van der Waals surface area contributed by atoms with Gasteiger partial charge in [0.25, 0.3) is 5.91 Å². The van der Waals surface area contributed by atoms with Crippen LogP contribution in [0.1, 0.15) is 26.5 Å². The molecule has 0 aliphatic carbocycles. The summed E-state index contributed by atoms with van der Waals surface area (Å²) < 4.78 is 0. The third kappa shape index (κ3) is 4.03. The van der Waals surface area contributed by atoms with Crippen molar-refractivity contribution in [1.82, 2.24) is 14.8 Å². The van der Waals surface area contributed by atoms with Crippen LogP contribution in [0.2, 0.25) is 0 Å². The Labute approximate surface area is 112 Å². The number of amides is 1. The molecule has 0 saturated carbocycles. The number of rotatable bonds is 5. The Morgan fingerprint density at radius 3 is 2.32 bits per heavy atom. The third-order valence-corrected chi connectivity index (χ3v) is 2.76. The van der Waals surface area contributed by atoms with Gasteiger partial charge in [0, 0.05) is 20.1 Å². The Bertz CT molecular complexity index is 486. The summed E-state index contributed by atoms with van der Waals surface area (Å²) in [5.41, 5.74) is 0.732. The molecule has 19 heavy (non-hydrogen) atoms. The molecule has 0 radical (unpaired) electrons. The molecule has 6 nitrogen and oxygen atoms in total. The van der Waals surface area contributed by atoms with Crippen molar-refractivity contribution in [3.05, 3.63) is 29.1 Å². The topological polar surface area (TPSA) is 73.7 Å². The van der Waals surface area contributed by atoms with Crippen LogP contribution in [0.25, 0.3) is 0 Å². The molecular weight excluding hydrogens is 246 g/mol. The Morgan fingerprint density at radius 1 is 1.21 bits per heavy atom. The van der Waals surface area contributed by atoms with E-state index in [1.807, 2.05) is 19.0 Å². The van der Waals surface area contributed by atoms with E-state index < -0.39 is 5.97 Å². The zero-order chi connectivity index (χ0) is 14.6. The highest BCUT2D eigenvalue weighted by atomic mass is 16.4. The van der Waals surface area contributed by atoms with E-state index in [0.717, 1.165) is 6.54 Å². The maximum absolute atomic E-state index is 12.1. The molecule has 1 rings (SSSR count). The highest BCUT2D eigenvalue weighted by molar-refractivity contribution is 5.94. The normalized spacial score (nSPS) is 10.6. The first-order valence-corrected chi connectivity index (χ1v) is 5.94. The number of hydrogen-bond acceptors (Lipinski definition) is 4. The first-order valence-electron chi connectivity index (χ1n) is 5.94. The average molecular weight is 265 g/mol. The van der Waals surface area contributed by atoms with Gasteiger partial charge in [0.15, 0.2) is 0 Å². The van der Waals surface area contributed by atoms with Crippen molar-refractivity contribution >= 4 is 11.9 Å². The molecule has 0 atom stereocenters. The van der Waals surface area contributed by atoms with Crippen LogP contribution in [-0.4, -0.2) is 66.0 Å². The smallest absolute Gasteiger partial charge is 0.337 e. The molecule has 6 heteroatoms. The fraction of sp³-hybridized carbons (Fsp3) is 0.462. The van der Waals surface area contributed by atoms with Crippen molar-refractivity contribution < 1.29 is 14.7 Å². The number of carbonyl (C=O) groups excluding carboxylic acids is 1. The van der Waals surface area contributed by atoms with Crippen LogP contribution in [0, 0.1) is 6.92 Å². The monoisotopic (exact) mass is 265 g/mol. The van der Waals surface area contributed by atoms with Crippen LogP contribution in [0.5, 0.6) is 0 Å². The third-order valence-electron chi connectivity index (χ3n) is 2.76. The summed E-state index contributed by atoms with van der Waals surface area (Å²) in [6.45, 7) is 2.93. The predicted octanol–water partition coefficient (Wildman–Crippen LogP) is 0.722. The van der Waals surface area contributed by atoms with Gasteiger partial charge in [-0.25, -0.2) is 9.78 Å². The van der Waals surface area contributed by atoms with Crippen molar-refractivity contribution in [3.63, 3.8) is 0 Å². The van der Waals surface area contributed by atoms with E-state index in [4.69, 9.17) is 5.11 Å². The summed E-state index contributed by atoms with van der Waals surface area (Å²) in [5.74, 6) is -1.24. The van der Waals surface area contributed by atoms with Gasteiger partial charge in [-0.2, -0.15) is 0 Å². The van der Waals surface area contributed by atoms with Crippen LogP contribution in [-0.2, 0) is 0 Å². The fourth-order valence-electron chi connectivity index (χ4n) is 1.55. The minimum atomic E-state index is -1.04. The van der Waals surface area contributed by atoms with Gasteiger partial charge in [-0.3, -0.25) is 4.79 Å². The summed E-state index contributed by atoms with van der Waals surface area (Å²) in [6.07, 6.45) is 0. The highest BCUT2D eigenvalue weighted by Gasteiger charge is 2.16. The summed E-state index contributed by atoms with van der Waals surface area (Å²) in [5, 5.41) is 8.91. The van der Waals surface area contributed by atoms with Gasteiger partial charge < -0.3 is 14.9 Å². The fourth-order valence-corrected chi connectivity index (χ4v) is 1.55. The second-order valence-electron chi connectivity index (χ2n) is 4.66. The minimum Gasteiger partial charge on any atom is -0.478 e. The molecule has 0 bridgehead atoms. The van der Waals surface area contributed by atoms with E-state index in [0.29, 0.717) is 12.2 Å². The molecule has 0 aliphatic heterocycles. The largest absolute Gasteiger partial charge is 0.478 e. The molecule has 1 aromatic rings. The number of carboxylic acid groups (broad SMARTS) is 1. The summed E-state index contributed by atoms with van der Waals surface area (Å²) >= 11 is 0. The second kappa shape index (κ2) is 6.29. The van der Waals surface area contributed by atoms with Crippen LogP contribution < -0.4 is 0 Å². The van der Waals surface area contributed by atoms with Gasteiger partial charge in [0.2, 0.25) is 0 Å². The maximum Gasteiger partial charge on any atom is 0.337 e. The quantitative estimate of drug-likeness (QED) is 0.849. The lowest BCUT2D eigenvalue weighted by molar-refractivity contribution is 0.0693. The predicted molar refractivity (Wildman–Crippen MR) is 71.4 cm³/mol. The summed E-state index contributed by atoms with van der Waals surface area (Å²) in [6, 6.07) is 2.86. The number of likely N-dealkylation sites (N-methyl/N-ethyl adjacent to an activating group) is 2. The van der Waals surface area contributed by atoms with Crippen LogP contribution in [0.15, 0.2) is 12.1 Å². The molecule has 1 amide bonds. The van der Waals surface area contributed by atoms with Crippen molar-refractivity contribution in [2.24, 2.45) is 0 Å². The molecule has 0 aromatic carbocycles. The van der Waals surface area contributed by atoms with Crippen molar-refractivity contribution in [2.75, 3.05) is 34.2 Å². The number of aromatic nitrogens is 1. The highest BCUT2D eigenvalue weighted by Crippen LogP contribution is 2.08. The molecular formula is C13H19N3O3. The lowest BCUT2D eigenvalue weighted by Gasteiger charge is -2.19. The van der Waals surface area contributed by atoms with E-state index in [1.165, 1.54) is 12.1 Å². The van der Waals surface area contributed by atoms with E-state index in [-0.39, 0.29) is 17.2 Å². The zero-order valence-electron chi connectivity index (χ0n) is 11.7. The van der Waals surface area contributed by atoms with Crippen molar-refractivity contribution in [1.29, 1.82) is 0 Å². The number of nitrogens with zero attached hydrogens (tertiary/aromatic N) is 3. The molecule has 0 unspecified atom stereocenters.